The number of nitrogens with one attached hydrogen (secondary N) is 1. The Bertz CT molecular complexity index is 1300. The molecule has 1 amide bonds. The molecule has 0 unspecified atom stereocenters. The van der Waals surface area contributed by atoms with Gasteiger partial charge in [0, 0.05) is 16.6 Å². The van der Waals surface area contributed by atoms with Gasteiger partial charge in [-0.2, -0.15) is 0 Å². The molecule has 7 heteroatoms. The molecule has 2 heterocycles. The number of aryl methyl sites for hydroxylation is 1. The number of carbonyl (C=O) groups is 3. The molecule has 1 aromatic heterocycles. The van der Waals surface area contributed by atoms with Crippen LogP contribution in [-0.4, -0.2) is 29.9 Å². The third-order valence-corrected chi connectivity index (χ3v) is 7.02. The standard InChI is InChI=1S/C28H29NO6/c1-3-33-27(32)18-8-10-19(11-9-18)29-26(31)25-17(2)23-21(34-25)12-13-22-24(23)20(30)16-28(35-22)14-6-4-5-7-15-28/h8-13H,3-7,14-16H2,1-2H3,(H,29,31). The van der Waals surface area contributed by atoms with Crippen LogP contribution in [0.3, 0.4) is 0 Å². The predicted octanol–water partition coefficient (Wildman–Crippen LogP) is 6.23. The molecular weight excluding hydrogens is 446 g/mol. The SMILES string of the molecule is CCOC(=O)c1ccc(NC(=O)c2oc3ccc4c(c3c2C)C(=O)CC2(CCCCCC2)O4)cc1. The molecule has 1 N–H and O–H groups in total. The van der Waals surface area contributed by atoms with Crippen molar-refractivity contribution in [2.24, 2.45) is 0 Å². The number of benzene rings is 2. The maximum Gasteiger partial charge on any atom is 0.338 e. The first-order chi connectivity index (χ1) is 16.9. The molecule has 3 aromatic rings. The van der Waals surface area contributed by atoms with Crippen molar-refractivity contribution in [3.05, 3.63) is 58.8 Å². The number of hydrogen-bond acceptors (Lipinski definition) is 6. The monoisotopic (exact) mass is 475 g/mol. The summed E-state index contributed by atoms with van der Waals surface area (Å²) in [5.41, 5.74) is 2.10. The van der Waals surface area contributed by atoms with Crippen molar-refractivity contribution in [1.29, 1.82) is 0 Å². The number of anilines is 1. The summed E-state index contributed by atoms with van der Waals surface area (Å²) in [5.74, 6) is -0.0720. The van der Waals surface area contributed by atoms with E-state index in [2.05, 4.69) is 5.32 Å². The average molecular weight is 476 g/mol. The third-order valence-electron chi connectivity index (χ3n) is 7.02. The highest BCUT2D eigenvalue weighted by molar-refractivity contribution is 6.14. The summed E-state index contributed by atoms with van der Waals surface area (Å²) in [5, 5.41) is 3.44. The molecule has 1 spiro atoms. The smallest absolute Gasteiger partial charge is 0.338 e. The highest BCUT2D eigenvalue weighted by Crippen LogP contribution is 2.44. The lowest BCUT2D eigenvalue weighted by Gasteiger charge is -2.37. The number of esters is 1. The molecular formula is C28H29NO6. The van der Waals surface area contributed by atoms with Gasteiger partial charge in [0.1, 0.15) is 16.9 Å². The zero-order chi connectivity index (χ0) is 24.6. The van der Waals surface area contributed by atoms with E-state index in [9.17, 15) is 14.4 Å². The molecule has 0 radical (unpaired) electrons. The molecule has 1 aliphatic carbocycles. The van der Waals surface area contributed by atoms with E-state index in [1.165, 1.54) is 12.8 Å². The van der Waals surface area contributed by atoms with Crippen LogP contribution in [0.4, 0.5) is 5.69 Å². The molecule has 2 aromatic carbocycles. The fourth-order valence-corrected chi connectivity index (χ4v) is 5.29. The first-order valence-electron chi connectivity index (χ1n) is 12.3. The van der Waals surface area contributed by atoms with E-state index < -0.39 is 17.5 Å². The zero-order valence-electron chi connectivity index (χ0n) is 20.1. The second kappa shape index (κ2) is 9.21. The first-order valence-corrected chi connectivity index (χ1v) is 12.3. The van der Waals surface area contributed by atoms with E-state index >= 15 is 0 Å². The molecule has 182 valence electrons. The van der Waals surface area contributed by atoms with Gasteiger partial charge >= 0.3 is 5.97 Å². The van der Waals surface area contributed by atoms with Gasteiger partial charge in [0.2, 0.25) is 0 Å². The van der Waals surface area contributed by atoms with Crippen molar-refractivity contribution in [3.8, 4) is 5.75 Å². The minimum atomic E-state index is -0.430. The van der Waals surface area contributed by atoms with Crippen molar-refractivity contribution in [2.75, 3.05) is 11.9 Å². The van der Waals surface area contributed by atoms with E-state index in [0.29, 0.717) is 52.1 Å². The van der Waals surface area contributed by atoms with Gasteiger partial charge in [-0.1, -0.05) is 12.8 Å². The van der Waals surface area contributed by atoms with E-state index in [4.69, 9.17) is 13.9 Å². The topological polar surface area (TPSA) is 94.8 Å². The number of carbonyl (C=O) groups excluding carboxylic acids is 3. The number of Topliss-reactive ketones (excluding diaryl/α,β-unsaturated/α-hetero) is 1. The molecule has 2 aliphatic rings. The van der Waals surface area contributed by atoms with Crippen molar-refractivity contribution in [1.82, 2.24) is 0 Å². The second-order valence-electron chi connectivity index (χ2n) is 9.42. The quantitative estimate of drug-likeness (QED) is 0.450. The lowest BCUT2D eigenvalue weighted by Crippen LogP contribution is -2.41. The Morgan fingerprint density at radius 1 is 1.03 bits per heavy atom. The molecule has 1 saturated carbocycles. The highest BCUT2D eigenvalue weighted by Gasteiger charge is 2.42. The first kappa shape index (κ1) is 23.1. The van der Waals surface area contributed by atoms with Crippen molar-refractivity contribution in [2.45, 2.75) is 64.4 Å². The van der Waals surface area contributed by atoms with Crippen LogP contribution >= 0.6 is 0 Å². The summed E-state index contributed by atoms with van der Waals surface area (Å²) >= 11 is 0. The molecule has 0 saturated heterocycles. The fraction of sp³-hybridized carbons (Fsp3) is 0.393. The van der Waals surface area contributed by atoms with Crippen LogP contribution in [-0.2, 0) is 4.74 Å². The largest absolute Gasteiger partial charge is 0.486 e. The van der Waals surface area contributed by atoms with Crippen molar-refractivity contribution < 1.29 is 28.3 Å². The number of ether oxygens (including phenoxy) is 2. The van der Waals surface area contributed by atoms with Gasteiger partial charge in [0.15, 0.2) is 11.5 Å². The summed E-state index contributed by atoms with van der Waals surface area (Å²) in [6.07, 6.45) is 6.64. The average Bonchev–Trinajstić information content (AvgIpc) is 3.02. The van der Waals surface area contributed by atoms with Crippen LogP contribution < -0.4 is 10.1 Å². The lowest BCUT2D eigenvalue weighted by molar-refractivity contribution is 0.0300. The maximum atomic E-state index is 13.4. The van der Waals surface area contributed by atoms with Crippen LogP contribution in [0.25, 0.3) is 11.0 Å². The van der Waals surface area contributed by atoms with Crippen LogP contribution in [0.5, 0.6) is 5.75 Å². The summed E-state index contributed by atoms with van der Waals surface area (Å²) in [6.45, 7) is 3.82. The Kier molecular flexibility index (Phi) is 6.09. The van der Waals surface area contributed by atoms with Gasteiger partial charge in [-0.3, -0.25) is 9.59 Å². The number of ketones is 1. The summed E-state index contributed by atoms with van der Waals surface area (Å²) in [7, 11) is 0. The molecule has 5 rings (SSSR count). The van der Waals surface area contributed by atoms with Gasteiger partial charge in [-0.25, -0.2) is 4.79 Å². The Balaban J connectivity index is 1.42. The van der Waals surface area contributed by atoms with Crippen LogP contribution in [0, 0.1) is 6.92 Å². The van der Waals surface area contributed by atoms with Crippen LogP contribution in [0.1, 0.15) is 88.7 Å². The van der Waals surface area contributed by atoms with Gasteiger partial charge in [0.05, 0.1) is 24.2 Å². The Morgan fingerprint density at radius 3 is 2.43 bits per heavy atom. The fourth-order valence-electron chi connectivity index (χ4n) is 5.29. The van der Waals surface area contributed by atoms with E-state index in [1.807, 2.05) is 0 Å². The van der Waals surface area contributed by atoms with E-state index in [0.717, 1.165) is 25.7 Å². The van der Waals surface area contributed by atoms with Crippen molar-refractivity contribution >= 4 is 34.3 Å². The zero-order valence-corrected chi connectivity index (χ0v) is 20.1. The van der Waals surface area contributed by atoms with Gasteiger partial charge in [-0.15, -0.1) is 0 Å². The molecule has 7 nitrogen and oxygen atoms in total. The minimum Gasteiger partial charge on any atom is -0.486 e. The Labute approximate surface area is 203 Å². The highest BCUT2D eigenvalue weighted by atomic mass is 16.5. The van der Waals surface area contributed by atoms with Gasteiger partial charge < -0.3 is 19.2 Å². The summed E-state index contributed by atoms with van der Waals surface area (Å²) in [4.78, 5) is 38.3. The lowest BCUT2D eigenvalue weighted by atomic mass is 9.83. The van der Waals surface area contributed by atoms with E-state index in [-0.39, 0.29) is 11.5 Å². The van der Waals surface area contributed by atoms with Crippen LogP contribution in [0.2, 0.25) is 0 Å². The summed E-state index contributed by atoms with van der Waals surface area (Å²) in [6, 6.07) is 10.0. The van der Waals surface area contributed by atoms with E-state index in [1.54, 1.807) is 50.2 Å². The number of amides is 1. The molecule has 35 heavy (non-hydrogen) atoms. The van der Waals surface area contributed by atoms with Crippen molar-refractivity contribution in [3.63, 3.8) is 0 Å². The molecule has 1 aliphatic heterocycles. The maximum absolute atomic E-state index is 13.4. The second-order valence-corrected chi connectivity index (χ2v) is 9.42. The predicted molar refractivity (Wildman–Crippen MR) is 131 cm³/mol. The minimum absolute atomic E-state index is 0.0455. The molecule has 0 atom stereocenters. The number of fused-ring (bicyclic) bond motifs is 3. The van der Waals surface area contributed by atoms with Crippen LogP contribution in [0.15, 0.2) is 40.8 Å². The summed E-state index contributed by atoms with van der Waals surface area (Å²) < 4.78 is 17.4. The third kappa shape index (κ3) is 4.31. The Hall–Kier alpha value is -3.61. The number of rotatable bonds is 4. The normalized spacial score (nSPS) is 16.9. The molecule has 0 bridgehead atoms. The number of hydrogen-bond donors (Lipinski definition) is 1. The number of furan rings is 1. The Morgan fingerprint density at radius 2 is 1.74 bits per heavy atom. The van der Waals surface area contributed by atoms with Gasteiger partial charge in [0.25, 0.3) is 5.91 Å². The molecule has 1 fully saturated rings. The van der Waals surface area contributed by atoms with Gasteiger partial charge in [-0.05, 0) is 75.9 Å².